The molecule has 4 heteroatoms. The van der Waals surface area contributed by atoms with Gasteiger partial charge in [0.15, 0.2) is 0 Å². The standard InChI is InChI=1S/C14H19N3O/c1-10-7-11(2)17-13(12(10)8-15)16-9-14(18-3)5-4-6-14/h7H,4-6,9H2,1-3H3,(H,16,17). The number of rotatable bonds is 4. The van der Waals surface area contributed by atoms with Crippen LogP contribution in [0.5, 0.6) is 0 Å². The molecule has 18 heavy (non-hydrogen) atoms. The minimum Gasteiger partial charge on any atom is -0.376 e. The third-order valence-electron chi connectivity index (χ3n) is 3.73. The zero-order valence-corrected chi connectivity index (χ0v) is 11.2. The molecule has 96 valence electrons. The Morgan fingerprint density at radius 1 is 1.50 bits per heavy atom. The van der Waals surface area contributed by atoms with Gasteiger partial charge in [0.25, 0.3) is 0 Å². The summed E-state index contributed by atoms with van der Waals surface area (Å²) in [5.74, 6) is 0.679. The van der Waals surface area contributed by atoms with Crippen molar-refractivity contribution < 1.29 is 4.74 Å². The Bertz CT molecular complexity index is 481. The monoisotopic (exact) mass is 245 g/mol. The highest BCUT2D eigenvalue weighted by Gasteiger charge is 2.36. The molecule has 1 aliphatic carbocycles. The van der Waals surface area contributed by atoms with Crippen LogP contribution in [0.15, 0.2) is 6.07 Å². The van der Waals surface area contributed by atoms with Gasteiger partial charge in [-0.05, 0) is 44.7 Å². The summed E-state index contributed by atoms with van der Waals surface area (Å²) in [7, 11) is 1.75. The highest BCUT2D eigenvalue weighted by molar-refractivity contribution is 5.56. The first-order chi connectivity index (χ1) is 8.60. The molecule has 0 atom stereocenters. The minimum atomic E-state index is -0.0634. The molecule has 1 heterocycles. The molecular weight excluding hydrogens is 226 g/mol. The van der Waals surface area contributed by atoms with Crippen molar-refractivity contribution in [3.63, 3.8) is 0 Å². The SMILES string of the molecule is COC1(CNc2nc(C)cc(C)c2C#N)CCC1. The lowest BCUT2D eigenvalue weighted by atomic mass is 9.80. The van der Waals surface area contributed by atoms with Crippen LogP contribution in [0, 0.1) is 25.2 Å². The van der Waals surface area contributed by atoms with Crippen molar-refractivity contribution in [2.45, 2.75) is 38.7 Å². The molecule has 0 unspecified atom stereocenters. The molecule has 0 aliphatic heterocycles. The Morgan fingerprint density at radius 2 is 2.22 bits per heavy atom. The van der Waals surface area contributed by atoms with Crippen molar-refractivity contribution in [3.8, 4) is 6.07 Å². The summed E-state index contributed by atoms with van der Waals surface area (Å²) in [6, 6.07) is 4.15. The molecule has 2 rings (SSSR count). The summed E-state index contributed by atoms with van der Waals surface area (Å²) in [5, 5.41) is 12.5. The molecule has 0 spiro atoms. The summed E-state index contributed by atoms with van der Waals surface area (Å²) < 4.78 is 5.56. The van der Waals surface area contributed by atoms with E-state index < -0.39 is 0 Å². The van der Waals surface area contributed by atoms with E-state index in [0.29, 0.717) is 17.9 Å². The number of nitrogens with zero attached hydrogens (tertiary/aromatic N) is 2. The average Bonchev–Trinajstić information content (AvgIpc) is 2.27. The van der Waals surface area contributed by atoms with Crippen molar-refractivity contribution in [2.24, 2.45) is 0 Å². The van der Waals surface area contributed by atoms with Crippen molar-refractivity contribution in [3.05, 3.63) is 22.9 Å². The van der Waals surface area contributed by atoms with Gasteiger partial charge >= 0.3 is 0 Å². The number of aryl methyl sites for hydroxylation is 2. The summed E-state index contributed by atoms with van der Waals surface area (Å²) in [6.07, 6.45) is 3.35. The number of nitriles is 1. The Morgan fingerprint density at radius 3 is 2.72 bits per heavy atom. The van der Waals surface area contributed by atoms with Gasteiger partial charge in [0.1, 0.15) is 11.9 Å². The van der Waals surface area contributed by atoms with E-state index in [0.717, 1.165) is 24.1 Å². The van der Waals surface area contributed by atoms with Crippen LogP contribution in [0.4, 0.5) is 5.82 Å². The van der Waals surface area contributed by atoms with E-state index in [1.807, 2.05) is 19.9 Å². The Labute approximate surface area is 108 Å². The molecule has 1 fully saturated rings. The summed E-state index contributed by atoms with van der Waals surface area (Å²) >= 11 is 0. The molecule has 4 nitrogen and oxygen atoms in total. The lowest BCUT2D eigenvalue weighted by Crippen LogP contribution is -2.45. The smallest absolute Gasteiger partial charge is 0.144 e. The second-order valence-electron chi connectivity index (χ2n) is 5.01. The quantitative estimate of drug-likeness (QED) is 0.885. The van der Waals surface area contributed by atoms with Crippen LogP contribution in [-0.4, -0.2) is 24.2 Å². The Kier molecular flexibility index (Phi) is 3.53. The van der Waals surface area contributed by atoms with Crippen LogP contribution < -0.4 is 5.32 Å². The number of pyridine rings is 1. The average molecular weight is 245 g/mol. The van der Waals surface area contributed by atoms with E-state index in [9.17, 15) is 5.26 Å². The van der Waals surface area contributed by atoms with E-state index in [-0.39, 0.29) is 5.60 Å². The Balaban J connectivity index is 2.16. The predicted molar refractivity (Wildman–Crippen MR) is 70.5 cm³/mol. The van der Waals surface area contributed by atoms with Gasteiger partial charge in [0.2, 0.25) is 0 Å². The molecule has 1 aromatic rings. The van der Waals surface area contributed by atoms with Gasteiger partial charge in [-0.1, -0.05) is 0 Å². The van der Waals surface area contributed by atoms with Crippen molar-refractivity contribution in [1.82, 2.24) is 4.98 Å². The van der Waals surface area contributed by atoms with Crippen LogP contribution in [0.1, 0.15) is 36.1 Å². The van der Waals surface area contributed by atoms with Crippen molar-refractivity contribution in [2.75, 3.05) is 19.0 Å². The van der Waals surface area contributed by atoms with E-state index in [2.05, 4.69) is 16.4 Å². The normalized spacial score (nSPS) is 16.8. The first-order valence-corrected chi connectivity index (χ1v) is 6.27. The fourth-order valence-electron chi connectivity index (χ4n) is 2.37. The number of nitrogens with one attached hydrogen (secondary N) is 1. The molecule has 1 N–H and O–H groups in total. The van der Waals surface area contributed by atoms with Crippen LogP contribution in [0.2, 0.25) is 0 Å². The molecule has 1 aromatic heterocycles. The number of aromatic nitrogens is 1. The van der Waals surface area contributed by atoms with E-state index in [1.165, 1.54) is 6.42 Å². The van der Waals surface area contributed by atoms with Crippen molar-refractivity contribution >= 4 is 5.82 Å². The van der Waals surface area contributed by atoms with Gasteiger partial charge in [-0.3, -0.25) is 0 Å². The van der Waals surface area contributed by atoms with Crippen LogP contribution in [0.25, 0.3) is 0 Å². The van der Waals surface area contributed by atoms with Gasteiger partial charge in [0, 0.05) is 19.3 Å². The zero-order chi connectivity index (χ0) is 13.2. The second kappa shape index (κ2) is 4.95. The number of hydrogen-bond donors (Lipinski definition) is 1. The maximum absolute atomic E-state index is 9.19. The predicted octanol–water partition coefficient (Wildman–Crippen LogP) is 2.55. The Hall–Kier alpha value is -1.60. The van der Waals surface area contributed by atoms with E-state index >= 15 is 0 Å². The van der Waals surface area contributed by atoms with Gasteiger partial charge in [-0.15, -0.1) is 0 Å². The van der Waals surface area contributed by atoms with Gasteiger partial charge < -0.3 is 10.1 Å². The maximum atomic E-state index is 9.19. The molecule has 0 aromatic carbocycles. The van der Waals surface area contributed by atoms with Crippen molar-refractivity contribution in [1.29, 1.82) is 5.26 Å². The zero-order valence-electron chi connectivity index (χ0n) is 11.2. The number of methoxy groups -OCH3 is 1. The first kappa shape index (κ1) is 12.8. The van der Waals surface area contributed by atoms with E-state index in [4.69, 9.17) is 4.74 Å². The highest BCUT2D eigenvalue weighted by atomic mass is 16.5. The largest absolute Gasteiger partial charge is 0.376 e. The topological polar surface area (TPSA) is 57.9 Å². The molecule has 0 radical (unpaired) electrons. The number of ether oxygens (including phenoxy) is 1. The fraction of sp³-hybridized carbons (Fsp3) is 0.571. The van der Waals surface area contributed by atoms with E-state index in [1.54, 1.807) is 7.11 Å². The lowest BCUT2D eigenvalue weighted by Gasteiger charge is -2.40. The first-order valence-electron chi connectivity index (χ1n) is 6.27. The molecule has 1 aliphatic rings. The fourth-order valence-corrected chi connectivity index (χ4v) is 2.37. The van der Waals surface area contributed by atoms with Crippen LogP contribution in [-0.2, 0) is 4.74 Å². The maximum Gasteiger partial charge on any atom is 0.144 e. The molecule has 0 amide bonds. The second-order valence-corrected chi connectivity index (χ2v) is 5.01. The minimum absolute atomic E-state index is 0.0634. The summed E-state index contributed by atoms with van der Waals surface area (Å²) in [6.45, 7) is 4.59. The summed E-state index contributed by atoms with van der Waals surface area (Å²) in [4.78, 5) is 4.41. The van der Waals surface area contributed by atoms with Gasteiger partial charge in [-0.25, -0.2) is 4.98 Å². The molecular formula is C14H19N3O. The number of anilines is 1. The van der Waals surface area contributed by atoms with Crippen LogP contribution >= 0.6 is 0 Å². The highest BCUT2D eigenvalue weighted by Crippen LogP contribution is 2.35. The third-order valence-corrected chi connectivity index (χ3v) is 3.73. The molecule has 0 saturated heterocycles. The molecule has 0 bridgehead atoms. The number of hydrogen-bond acceptors (Lipinski definition) is 4. The third kappa shape index (κ3) is 2.32. The summed E-state index contributed by atoms with van der Waals surface area (Å²) in [5.41, 5.74) is 2.46. The van der Waals surface area contributed by atoms with Crippen LogP contribution in [0.3, 0.4) is 0 Å². The lowest BCUT2D eigenvalue weighted by molar-refractivity contribution is -0.0601. The molecule has 1 saturated carbocycles. The van der Waals surface area contributed by atoms with Gasteiger partial charge in [-0.2, -0.15) is 5.26 Å². The van der Waals surface area contributed by atoms with Gasteiger partial charge in [0.05, 0.1) is 11.2 Å².